The highest BCUT2D eigenvalue weighted by molar-refractivity contribution is 6.31. The van der Waals surface area contributed by atoms with E-state index in [9.17, 15) is 4.79 Å². The zero-order valence-electron chi connectivity index (χ0n) is 14.9. The molecule has 0 spiro atoms. The van der Waals surface area contributed by atoms with Gasteiger partial charge in [0.2, 0.25) is 0 Å². The highest BCUT2D eigenvalue weighted by atomic mass is 35.5. The highest BCUT2D eigenvalue weighted by Gasteiger charge is 2.18. The maximum atomic E-state index is 13.5. The summed E-state index contributed by atoms with van der Waals surface area (Å²) in [7, 11) is 0. The minimum Gasteiger partial charge on any atom is -0.289 e. The molecule has 0 atom stereocenters. The standard InChI is InChI=1S/C25H16Cl2O/c26-19-9-5-7-17(15-19)21-11-1-3-13-23(21)25(28)24-14-4-2-12-22(24)18-8-6-10-20(27)16-18/h1-16H. The summed E-state index contributed by atoms with van der Waals surface area (Å²) in [5, 5.41) is 1.28. The van der Waals surface area contributed by atoms with Gasteiger partial charge in [0.15, 0.2) is 5.78 Å². The molecule has 0 radical (unpaired) electrons. The Morgan fingerprint density at radius 1 is 0.536 bits per heavy atom. The molecule has 4 aromatic rings. The lowest BCUT2D eigenvalue weighted by molar-refractivity contribution is 0.104. The summed E-state index contributed by atoms with van der Waals surface area (Å²) in [5.41, 5.74) is 4.82. The van der Waals surface area contributed by atoms with Gasteiger partial charge in [0.1, 0.15) is 0 Å². The molecule has 0 N–H and O–H groups in total. The largest absolute Gasteiger partial charge is 0.289 e. The maximum absolute atomic E-state index is 13.5. The molecule has 0 amide bonds. The van der Waals surface area contributed by atoms with E-state index >= 15 is 0 Å². The molecular weight excluding hydrogens is 387 g/mol. The second kappa shape index (κ2) is 8.02. The van der Waals surface area contributed by atoms with Crippen LogP contribution in [0.15, 0.2) is 97.1 Å². The van der Waals surface area contributed by atoms with Crippen LogP contribution in [0.5, 0.6) is 0 Å². The molecule has 0 heterocycles. The van der Waals surface area contributed by atoms with Crippen LogP contribution in [-0.2, 0) is 0 Å². The van der Waals surface area contributed by atoms with Gasteiger partial charge in [-0.05, 0) is 46.5 Å². The molecule has 0 aromatic heterocycles. The van der Waals surface area contributed by atoms with Crippen molar-refractivity contribution in [2.45, 2.75) is 0 Å². The fourth-order valence-corrected chi connectivity index (χ4v) is 3.70. The first-order valence-electron chi connectivity index (χ1n) is 8.88. The number of carbonyl (C=O) groups is 1. The lowest BCUT2D eigenvalue weighted by atomic mass is 9.90. The number of ketones is 1. The zero-order chi connectivity index (χ0) is 19.5. The van der Waals surface area contributed by atoms with Gasteiger partial charge < -0.3 is 0 Å². The van der Waals surface area contributed by atoms with Crippen molar-refractivity contribution in [2.24, 2.45) is 0 Å². The predicted molar refractivity (Wildman–Crippen MR) is 117 cm³/mol. The Morgan fingerprint density at radius 2 is 0.964 bits per heavy atom. The average molecular weight is 403 g/mol. The second-order valence-electron chi connectivity index (χ2n) is 6.44. The van der Waals surface area contributed by atoms with E-state index < -0.39 is 0 Å². The topological polar surface area (TPSA) is 17.1 Å². The van der Waals surface area contributed by atoms with Crippen LogP contribution in [0.3, 0.4) is 0 Å². The summed E-state index contributed by atoms with van der Waals surface area (Å²) in [6.07, 6.45) is 0. The van der Waals surface area contributed by atoms with E-state index in [-0.39, 0.29) is 5.78 Å². The van der Waals surface area contributed by atoms with Crippen molar-refractivity contribution in [3.63, 3.8) is 0 Å². The Bertz CT molecular complexity index is 1070. The summed E-state index contributed by atoms with van der Waals surface area (Å²) in [4.78, 5) is 13.5. The van der Waals surface area contributed by atoms with Gasteiger partial charge in [-0.25, -0.2) is 0 Å². The molecule has 0 aliphatic rings. The van der Waals surface area contributed by atoms with E-state index in [0.29, 0.717) is 21.2 Å². The van der Waals surface area contributed by atoms with Crippen LogP contribution in [0.2, 0.25) is 10.0 Å². The van der Waals surface area contributed by atoms with Crippen LogP contribution in [0.25, 0.3) is 22.3 Å². The summed E-state index contributed by atoms with van der Waals surface area (Å²) < 4.78 is 0. The quantitative estimate of drug-likeness (QED) is 0.321. The SMILES string of the molecule is O=C(c1ccccc1-c1cccc(Cl)c1)c1ccccc1-c1cccc(Cl)c1. The minimum absolute atomic E-state index is 0.0360. The molecule has 0 saturated carbocycles. The summed E-state index contributed by atoms with van der Waals surface area (Å²) >= 11 is 12.3. The van der Waals surface area contributed by atoms with Gasteiger partial charge in [-0.15, -0.1) is 0 Å². The number of hydrogen-bond acceptors (Lipinski definition) is 1. The maximum Gasteiger partial charge on any atom is 0.194 e. The van der Waals surface area contributed by atoms with E-state index in [2.05, 4.69) is 0 Å². The first-order chi connectivity index (χ1) is 13.6. The third-order valence-corrected chi connectivity index (χ3v) is 5.08. The smallest absolute Gasteiger partial charge is 0.194 e. The Balaban J connectivity index is 1.85. The molecule has 28 heavy (non-hydrogen) atoms. The third-order valence-electron chi connectivity index (χ3n) is 4.61. The highest BCUT2D eigenvalue weighted by Crippen LogP contribution is 2.31. The molecule has 0 aliphatic carbocycles. The molecule has 4 aromatic carbocycles. The Labute approximate surface area is 174 Å². The van der Waals surface area contributed by atoms with Gasteiger partial charge in [-0.1, -0.05) is 96.0 Å². The van der Waals surface area contributed by atoms with Crippen molar-refractivity contribution >= 4 is 29.0 Å². The molecule has 1 nitrogen and oxygen atoms in total. The van der Waals surface area contributed by atoms with Crippen molar-refractivity contribution in [2.75, 3.05) is 0 Å². The second-order valence-corrected chi connectivity index (χ2v) is 7.31. The molecule has 0 saturated heterocycles. The Kier molecular flexibility index (Phi) is 5.29. The molecule has 4 rings (SSSR count). The first kappa shape index (κ1) is 18.5. The van der Waals surface area contributed by atoms with Gasteiger partial charge in [-0.3, -0.25) is 4.79 Å². The number of rotatable bonds is 4. The minimum atomic E-state index is -0.0360. The fourth-order valence-electron chi connectivity index (χ4n) is 3.32. The van der Waals surface area contributed by atoms with Crippen LogP contribution < -0.4 is 0 Å². The summed E-state index contributed by atoms with van der Waals surface area (Å²) in [6.45, 7) is 0. The van der Waals surface area contributed by atoms with Crippen molar-refractivity contribution < 1.29 is 4.79 Å². The molecule has 0 bridgehead atoms. The summed E-state index contributed by atoms with van der Waals surface area (Å²) in [5.74, 6) is -0.0360. The van der Waals surface area contributed by atoms with E-state index in [0.717, 1.165) is 22.3 Å². The van der Waals surface area contributed by atoms with Crippen molar-refractivity contribution in [1.82, 2.24) is 0 Å². The molecule has 3 heteroatoms. The summed E-state index contributed by atoms with van der Waals surface area (Å²) in [6, 6.07) is 30.3. The van der Waals surface area contributed by atoms with Crippen molar-refractivity contribution in [3.8, 4) is 22.3 Å². The van der Waals surface area contributed by atoms with Crippen molar-refractivity contribution in [3.05, 3.63) is 118 Å². The van der Waals surface area contributed by atoms with Gasteiger partial charge in [-0.2, -0.15) is 0 Å². The van der Waals surface area contributed by atoms with E-state index in [1.807, 2.05) is 97.1 Å². The normalized spacial score (nSPS) is 10.6. The molecule has 136 valence electrons. The van der Waals surface area contributed by atoms with E-state index in [1.165, 1.54) is 0 Å². The van der Waals surface area contributed by atoms with Crippen LogP contribution in [0.1, 0.15) is 15.9 Å². The molecule has 0 fully saturated rings. The van der Waals surface area contributed by atoms with E-state index in [1.54, 1.807) is 0 Å². The van der Waals surface area contributed by atoms with Gasteiger partial charge in [0.25, 0.3) is 0 Å². The van der Waals surface area contributed by atoms with Crippen LogP contribution in [0.4, 0.5) is 0 Å². The van der Waals surface area contributed by atoms with Crippen LogP contribution in [-0.4, -0.2) is 5.78 Å². The Hall–Kier alpha value is -2.87. The average Bonchev–Trinajstić information content (AvgIpc) is 2.73. The number of carbonyl (C=O) groups excluding carboxylic acids is 1. The van der Waals surface area contributed by atoms with Crippen molar-refractivity contribution in [1.29, 1.82) is 0 Å². The number of halogens is 2. The van der Waals surface area contributed by atoms with Crippen LogP contribution in [0, 0.1) is 0 Å². The van der Waals surface area contributed by atoms with Gasteiger partial charge in [0, 0.05) is 21.2 Å². The fraction of sp³-hybridized carbons (Fsp3) is 0. The molecule has 0 unspecified atom stereocenters. The zero-order valence-corrected chi connectivity index (χ0v) is 16.4. The number of benzene rings is 4. The molecular formula is C25H16Cl2O. The third kappa shape index (κ3) is 3.73. The van der Waals surface area contributed by atoms with Crippen LogP contribution >= 0.6 is 23.2 Å². The lowest BCUT2D eigenvalue weighted by Crippen LogP contribution is -2.05. The predicted octanol–water partition coefficient (Wildman–Crippen LogP) is 7.56. The lowest BCUT2D eigenvalue weighted by Gasteiger charge is -2.13. The van der Waals surface area contributed by atoms with E-state index in [4.69, 9.17) is 23.2 Å². The molecule has 0 aliphatic heterocycles. The van der Waals surface area contributed by atoms with Gasteiger partial charge in [0.05, 0.1) is 0 Å². The Morgan fingerprint density at radius 3 is 1.39 bits per heavy atom. The monoisotopic (exact) mass is 402 g/mol. The van der Waals surface area contributed by atoms with Gasteiger partial charge >= 0.3 is 0 Å². The number of hydrogen-bond donors (Lipinski definition) is 0. The first-order valence-corrected chi connectivity index (χ1v) is 9.64.